The Morgan fingerprint density at radius 2 is 2.25 bits per heavy atom. The van der Waals surface area contributed by atoms with Crippen LogP contribution >= 0.6 is 0 Å². The molecule has 0 amide bonds. The van der Waals surface area contributed by atoms with E-state index in [-0.39, 0.29) is 11.4 Å². The van der Waals surface area contributed by atoms with Crippen molar-refractivity contribution in [3.63, 3.8) is 0 Å². The van der Waals surface area contributed by atoms with E-state index in [0.29, 0.717) is 24.6 Å². The van der Waals surface area contributed by atoms with Gasteiger partial charge in [0.2, 0.25) is 5.88 Å². The standard InChI is InChI=1S/C17H17N5O2/c1-21-9-11(8-19-21)14-10-22-15(4-5-18-22)16(20-14)24-17-6-12(17)2-3-13(23)7-17/h4-5,8-10,12H,2-3,6-7H2,1H3. The van der Waals surface area contributed by atoms with Gasteiger partial charge in [0.1, 0.15) is 16.9 Å². The first-order chi connectivity index (χ1) is 11.6. The number of fused-ring (bicyclic) bond motifs is 2. The summed E-state index contributed by atoms with van der Waals surface area (Å²) in [5, 5.41) is 8.52. The van der Waals surface area contributed by atoms with E-state index in [1.165, 1.54) is 0 Å². The Labute approximate surface area is 138 Å². The zero-order valence-corrected chi connectivity index (χ0v) is 13.3. The van der Waals surface area contributed by atoms with Gasteiger partial charge in [0.15, 0.2) is 0 Å². The van der Waals surface area contributed by atoms with Gasteiger partial charge in [-0.05, 0) is 18.9 Å². The molecule has 7 nitrogen and oxygen atoms in total. The zero-order chi connectivity index (χ0) is 16.3. The summed E-state index contributed by atoms with van der Waals surface area (Å²) in [6.07, 6.45) is 10.3. The van der Waals surface area contributed by atoms with Gasteiger partial charge in [-0.1, -0.05) is 0 Å². The van der Waals surface area contributed by atoms with Crippen molar-refractivity contribution in [2.45, 2.75) is 31.3 Å². The molecule has 24 heavy (non-hydrogen) atoms. The summed E-state index contributed by atoms with van der Waals surface area (Å²) in [5.74, 6) is 1.31. The molecule has 3 aromatic heterocycles. The molecule has 2 saturated carbocycles. The van der Waals surface area contributed by atoms with Crippen LogP contribution in [0, 0.1) is 5.92 Å². The van der Waals surface area contributed by atoms with Crippen molar-refractivity contribution in [3.8, 4) is 17.1 Å². The Morgan fingerprint density at radius 3 is 3.08 bits per heavy atom. The third-order valence-corrected chi connectivity index (χ3v) is 5.10. The molecule has 5 rings (SSSR count). The Morgan fingerprint density at radius 1 is 1.33 bits per heavy atom. The summed E-state index contributed by atoms with van der Waals surface area (Å²) in [7, 11) is 1.87. The molecule has 0 saturated heterocycles. The predicted molar refractivity (Wildman–Crippen MR) is 85.5 cm³/mol. The first kappa shape index (κ1) is 13.7. The highest BCUT2D eigenvalue weighted by Crippen LogP contribution is 2.55. The lowest BCUT2D eigenvalue weighted by molar-refractivity contribution is -0.123. The average Bonchev–Trinajstić information content (AvgIpc) is 2.88. The monoisotopic (exact) mass is 323 g/mol. The van der Waals surface area contributed by atoms with Crippen molar-refractivity contribution in [1.82, 2.24) is 24.4 Å². The lowest BCUT2D eigenvalue weighted by atomic mass is 9.96. The van der Waals surface area contributed by atoms with Crippen molar-refractivity contribution < 1.29 is 9.53 Å². The number of carbonyl (C=O) groups is 1. The molecule has 0 aliphatic heterocycles. The first-order valence-electron chi connectivity index (χ1n) is 8.17. The Hall–Kier alpha value is -2.70. The second kappa shape index (κ2) is 4.66. The van der Waals surface area contributed by atoms with Gasteiger partial charge in [-0.15, -0.1) is 0 Å². The smallest absolute Gasteiger partial charge is 0.241 e. The highest BCUT2D eigenvalue weighted by molar-refractivity contribution is 5.81. The summed E-state index contributed by atoms with van der Waals surface area (Å²) in [6, 6.07) is 1.88. The fourth-order valence-corrected chi connectivity index (χ4v) is 3.72. The van der Waals surface area contributed by atoms with Crippen LogP contribution in [0.2, 0.25) is 0 Å². The van der Waals surface area contributed by atoms with Crippen molar-refractivity contribution >= 4 is 11.3 Å². The minimum atomic E-state index is -0.347. The number of carbonyl (C=O) groups excluding carboxylic acids is 1. The molecule has 0 N–H and O–H groups in total. The second-order valence-electron chi connectivity index (χ2n) is 6.82. The number of hydrogen-bond donors (Lipinski definition) is 0. The minimum Gasteiger partial charge on any atom is -0.469 e. The van der Waals surface area contributed by atoms with E-state index < -0.39 is 0 Å². The summed E-state index contributed by atoms with van der Waals surface area (Å²) in [6.45, 7) is 0. The molecule has 3 heterocycles. The van der Waals surface area contributed by atoms with Gasteiger partial charge in [0, 0.05) is 37.6 Å². The molecular weight excluding hydrogens is 306 g/mol. The minimum absolute atomic E-state index is 0.289. The van der Waals surface area contributed by atoms with Crippen LogP contribution in [0.5, 0.6) is 5.88 Å². The zero-order valence-electron chi connectivity index (χ0n) is 13.3. The Bertz CT molecular complexity index is 959. The van der Waals surface area contributed by atoms with E-state index in [0.717, 1.165) is 29.6 Å². The molecule has 0 aromatic carbocycles. The molecule has 0 spiro atoms. The van der Waals surface area contributed by atoms with Crippen molar-refractivity contribution in [2.75, 3.05) is 0 Å². The van der Waals surface area contributed by atoms with Crippen LogP contribution in [0.25, 0.3) is 16.8 Å². The molecule has 2 unspecified atom stereocenters. The number of Topliss-reactive ketones (excluding diaryl/α,β-unsaturated/α-hetero) is 1. The number of hydrogen-bond acceptors (Lipinski definition) is 5. The summed E-state index contributed by atoms with van der Waals surface area (Å²) < 4.78 is 9.81. The number of nitrogens with zero attached hydrogens (tertiary/aromatic N) is 5. The summed E-state index contributed by atoms with van der Waals surface area (Å²) in [5.41, 5.74) is 2.13. The highest BCUT2D eigenvalue weighted by Gasteiger charge is 2.60. The van der Waals surface area contributed by atoms with Gasteiger partial charge in [-0.2, -0.15) is 10.2 Å². The molecule has 2 fully saturated rings. The van der Waals surface area contributed by atoms with Gasteiger partial charge in [-0.3, -0.25) is 9.48 Å². The Kier molecular flexibility index (Phi) is 2.66. The third kappa shape index (κ3) is 2.04. The van der Waals surface area contributed by atoms with E-state index >= 15 is 0 Å². The van der Waals surface area contributed by atoms with E-state index in [9.17, 15) is 4.79 Å². The molecule has 2 atom stereocenters. The van der Waals surface area contributed by atoms with Crippen LogP contribution in [0.3, 0.4) is 0 Å². The van der Waals surface area contributed by atoms with Gasteiger partial charge < -0.3 is 4.74 Å². The van der Waals surface area contributed by atoms with Crippen molar-refractivity contribution in [2.24, 2.45) is 13.0 Å². The molecule has 2 aliphatic carbocycles. The normalized spacial score (nSPS) is 25.7. The second-order valence-corrected chi connectivity index (χ2v) is 6.82. The topological polar surface area (TPSA) is 74.3 Å². The highest BCUT2D eigenvalue weighted by atomic mass is 16.5. The number of ether oxygens (including phenoxy) is 1. The molecule has 0 radical (unpaired) electrons. The number of aromatic nitrogens is 5. The van der Waals surface area contributed by atoms with Crippen molar-refractivity contribution in [3.05, 3.63) is 30.9 Å². The summed E-state index contributed by atoms with van der Waals surface area (Å²) in [4.78, 5) is 16.6. The van der Waals surface area contributed by atoms with Gasteiger partial charge >= 0.3 is 0 Å². The van der Waals surface area contributed by atoms with E-state index in [4.69, 9.17) is 9.72 Å². The number of rotatable bonds is 3. The Balaban J connectivity index is 1.57. The predicted octanol–water partition coefficient (Wildman–Crippen LogP) is 2.02. The van der Waals surface area contributed by atoms with E-state index in [2.05, 4.69) is 10.2 Å². The van der Waals surface area contributed by atoms with E-state index in [1.807, 2.05) is 25.5 Å². The van der Waals surface area contributed by atoms with Crippen LogP contribution in [-0.4, -0.2) is 35.8 Å². The number of ketones is 1. The first-order valence-corrected chi connectivity index (χ1v) is 8.17. The fraction of sp³-hybridized carbons (Fsp3) is 0.412. The average molecular weight is 323 g/mol. The SMILES string of the molecule is Cn1cc(-c2cn3nccc3c(OC34CC(=O)CCC3C4)n2)cn1. The van der Waals surface area contributed by atoms with Gasteiger partial charge in [0.05, 0.1) is 24.3 Å². The van der Waals surface area contributed by atoms with Crippen LogP contribution < -0.4 is 4.74 Å². The maximum atomic E-state index is 11.9. The van der Waals surface area contributed by atoms with Gasteiger partial charge in [-0.25, -0.2) is 9.50 Å². The molecule has 3 aromatic rings. The van der Waals surface area contributed by atoms with Crippen LogP contribution in [0.4, 0.5) is 0 Å². The lowest BCUT2D eigenvalue weighted by Gasteiger charge is -2.22. The lowest BCUT2D eigenvalue weighted by Crippen LogP contribution is -2.29. The van der Waals surface area contributed by atoms with E-state index in [1.54, 1.807) is 21.6 Å². The third-order valence-electron chi connectivity index (χ3n) is 5.10. The molecule has 122 valence electrons. The molecule has 7 heteroatoms. The maximum absolute atomic E-state index is 11.9. The fourth-order valence-electron chi connectivity index (χ4n) is 3.72. The molecule has 0 bridgehead atoms. The molecule has 2 aliphatic rings. The summed E-state index contributed by atoms with van der Waals surface area (Å²) >= 11 is 0. The van der Waals surface area contributed by atoms with Crippen molar-refractivity contribution in [1.29, 1.82) is 0 Å². The van der Waals surface area contributed by atoms with Gasteiger partial charge in [0.25, 0.3) is 0 Å². The molecular formula is C17H17N5O2. The van der Waals surface area contributed by atoms with Crippen LogP contribution in [0.1, 0.15) is 25.7 Å². The van der Waals surface area contributed by atoms with Crippen LogP contribution in [-0.2, 0) is 11.8 Å². The maximum Gasteiger partial charge on any atom is 0.241 e. The largest absolute Gasteiger partial charge is 0.469 e. The number of aryl methyl sites for hydroxylation is 1. The quantitative estimate of drug-likeness (QED) is 0.737. The van der Waals surface area contributed by atoms with Crippen LogP contribution in [0.15, 0.2) is 30.9 Å².